The molecule has 0 amide bonds. The van der Waals surface area contributed by atoms with E-state index in [4.69, 9.17) is 0 Å². The fraction of sp³-hybridized carbons (Fsp3) is 0.538. The van der Waals surface area contributed by atoms with Gasteiger partial charge in [-0.15, -0.1) is 21.5 Å². The highest BCUT2D eigenvalue weighted by atomic mass is 32.1. The quantitative estimate of drug-likeness (QED) is 0.871. The Bertz CT molecular complexity index is 489. The molecule has 0 aliphatic rings. The third-order valence-electron chi connectivity index (χ3n) is 3.06. The lowest BCUT2D eigenvalue weighted by Gasteiger charge is -2.11. The van der Waals surface area contributed by atoms with Crippen molar-refractivity contribution in [2.24, 2.45) is 7.05 Å². The summed E-state index contributed by atoms with van der Waals surface area (Å²) in [5.74, 6) is 1.02. The number of hydrogen-bond acceptors (Lipinski definition) is 4. The van der Waals surface area contributed by atoms with Crippen LogP contribution in [0, 0.1) is 0 Å². The van der Waals surface area contributed by atoms with Crippen molar-refractivity contribution in [1.29, 1.82) is 0 Å². The number of nitrogens with one attached hydrogen (secondary N) is 1. The van der Waals surface area contributed by atoms with Crippen molar-refractivity contribution in [2.75, 3.05) is 6.54 Å². The van der Waals surface area contributed by atoms with Gasteiger partial charge in [-0.05, 0) is 25.5 Å². The zero-order chi connectivity index (χ0) is 13.0. The van der Waals surface area contributed by atoms with Gasteiger partial charge in [-0.1, -0.05) is 6.92 Å². The molecule has 1 unspecified atom stereocenters. The molecule has 2 rings (SSSR count). The third-order valence-corrected chi connectivity index (χ3v) is 4.47. The van der Waals surface area contributed by atoms with E-state index in [9.17, 15) is 0 Å². The summed E-state index contributed by atoms with van der Waals surface area (Å²) in [6.07, 6.45) is 3.77. The Hall–Kier alpha value is -1.20. The summed E-state index contributed by atoms with van der Waals surface area (Å²) >= 11 is 1.90. The van der Waals surface area contributed by atoms with Gasteiger partial charge < -0.3 is 9.88 Å². The minimum atomic E-state index is 0.406. The molecule has 0 aromatic carbocycles. The molecule has 1 atom stereocenters. The Morgan fingerprint density at radius 1 is 1.44 bits per heavy atom. The molecule has 0 aliphatic heterocycles. The first kappa shape index (κ1) is 13.2. The van der Waals surface area contributed by atoms with Gasteiger partial charge in [0.1, 0.15) is 12.2 Å². The number of aromatic nitrogens is 3. The Morgan fingerprint density at radius 2 is 2.28 bits per heavy atom. The van der Waals surface area contributed by atoms with Crippen LogP contribution in [-0.4, -0.2) is 21.3 Å². The molecule has 2 aromatic rings. The third kappa shape index (κ3) is 3.17. The average molecular weight is 264 g/mol. The largest absolute Gasteiger partial charge is 0.321 e. The second kappa shape index (κ2) is 6.11. The highest BCUT2D eigenvalue weighted by Gasteiger charge is 2.08. The predicted molar refractivity (Wildman–Crippen MR) is 74.8 cm³/mol. The second-order valence-electron chi connectivity index (χ2n) is 4.44. The van der Waals surface area contributed by atoms with E-state index >= 15 is 0 Å². The SMILES string of the molecule is CCc1ccc(C(C)NCCc2nncn2C)s1. The zero-order valence-corrected chi connectivity index (χ0v) is 12.0. The minimum absolute atomic E-state index is 0.406. The molecule has 1 N–H and O–H groups in total. The summed E-state index contributed by atoms with van der Waals surface area (Å²) in [5.41, 5.74) is 0. The van der Waals surface area contributed by atoms with Gasteiger partial charge >= 0.3 is 0 Å². The normalized spacial score (nSPS) is 12.8. The first-order valence-corrected chi connectivity index (χ1v) is 7.17. The molecule has 0 aliphatic carbocycles. The smallest absolute Gasteiger partial charge is 0.133 e. The summed E-state index contributed by atoms with van der Waals surface area (Å²) in [7, 11) is 1.98. The summed E-state index contributed by atoms with van der Waals surface area (Å²) in [4.78, 5) is 2.86. The van der Waals surface area contributed by atoms with E-state index < -0.39 is 0 Å². The van der Waals surface area contributed by atoms with E-state index in [0.717, 1.165) is 25.2 Å². The van der Waals surface area contributed by atoms with Crippen LogP contribution in [0.2, 0.25) is 0 Å². The van der Waals surface area contributed by atoms with Gasteiger partial charge in [0, 0.05) is 35.8 Å². The van der Waals surface area contributed by atoms with Crippen molar-refractivity contribution in [1.82, 2.24) is 20.1 Å². The van der Waals surface area contributed by atoms with Crippen molar-refractivity contribution in [2.45, 2.75) is 32.7 Å². The molecule has 0 saturated heterocycles. The maximum atomic E-state index is 4.08. The van der Waals surface area contributed by atoms with Crippen LogP contribution in [0.15, 0.2) is 18.5 Å². The molecule has 2 heterocycles. The van der Waals surface area contributed by atoms with Crippen LogP contribution in [0.5, 0.6) is 0 Å². The van der Waals surface area contributed by atoms with Gasteiger partial charge in [0.05, 0.1) is 0 Å². The molecular weight excluding hydrogens is 244 g/mol. The van der Waals surface area contributed by atoms with Crippen molar-refractivity contribution < 1.29 is 0 Å². The minimum Gasteiger partial charge on any atom is -0.321 e. The number of aryl methyl sites for hydroxylation is 2. The lowest BCUT2D eigenvalue weighted by atomic mass is 10.2. The van der Waals surface area contributed by atoms with Crippen molar-refractivity contribution in [3.05, 3.63) is 34.0 Å². The summed E-state index contributed by atoms with van der Waals surface area (Å²) in [6.45, 7) is 5.33. The summed E-state index contributed by atoms with van der Waals surface area (Å²) in [5, 5.41) is 11.5. The lowest BCUT2D eigenvalue weighted by Crippen LogP contribution is -2.21. The highest BCUT2D eigenvalue weighted by Crippen LogP contribution is 2.23. The van der Waals surface area contributed by atoms with Gasteiger partial charge in [0.2, 0.25) is 0 Å². The van der Waals surface area contributed by atoms with Crippen LogP contribution in [0.4, 0.5) is 0 Å². The van der Waals surface area contributed by atoms with E-state index in [-0.39, 0.29) is 0 Å². The van der Waals surface area contributed by atoms with Crippen molar-refractivity contribution in [3.8, 4) is 0 Å². The molecule has 0 bridgehead atoms. The molecular formula is C13H20N4S. The van der Waals surface area contributed by atoms with Crippen LogP contribution in [0.3, 0.4) is 0 Å². The van der Waals surface area contributed by atoms with Gasteiger partial charge in [-0.3, -0.25) is 0 Å². The zero-order valence-electron chi connectivity index (χ0n) is 11.2. The van der Waals surface area contributed by atoms with E-state index in [0.29, 0.717) is 6.04 Å². The Morgan fingerprint density at radius 3 is 2.89 bits per heavy atom. The van der Waals surface area contributed by atoms with Crippen molar-refractivity contribution >= 4 is 11.3 Å². The van der Waals surface area contributed by atoms with Gasteiger partial charge in [-0.2, -0.15) is 0 Å². The molecule has 0 radical (unpaired) electrons. The summed E-state index contributed by atoms with van der Waals surface area (Å²) < 4.78 is 1.96. The first-order valence-electron chi connectivity index (χ1n) is 6.35. The van der Waals surface area contributed by atoms with E-state index in [2.05, 4.69) is 41.5 Å². The Balaban J connectivity index is 1.81. The molecule has 0 fully saturated rings. The van der Waals surface area contributed by atoms with Gasteiger partial charge in [0.15, 0.2) is 0 Å². The summed E-state index contributed by atoms with van der Waals surface area (Å²) in [6, 6.07) is 4.85. The molecule has 18 heavy (non-hydrogen) atoms. The first-order chi connectivity index (χ1) is 8.70. The fourth-order valence-corrected chi connectivity index (χ4v) is 2.83. The van der Waals surface area contributed by atoms with Crippen LogP contribution in [0.1, 0.15) is 35.5 Å². The molecule has 4 nitrogen and oxygen atoms in total. The second-order valence-corrected chi connectivity index (χ2v) is 5.64. The maximum Gasteiger partial charge on any atom is 0.133 e. The van der Waals surface area contributed by atoms with Crippen LogP contribution in [0.25, 0.3) is 0 Å². The molecule has 98 valence electrons. The Kier molecular flexibility index (Phi) is 4.49. The molecule has 0 saturated carbocycles. The topological polar surface area (TPSA) is 42.7 Å². The lowest BCUT2D eigenvalue weighted by molar-refractivity contribution is 0.571. The molecule has 5 heteroatoms. The molecule has 2 aromatic heterocycles. The van der Waals surface area contributed by atoms with Gasteiger partial charge in [-0.25, -0.2) is 0 Å². The van der Waals surface area contributed by atoms with Crippen LogP contribution >= 0.6 is 11.3 Å². The van der Waals surface area contributed by atoms with Crippen molar-refractivity contribution in [3.63, 3.8) is 0 Å². The maximum absolute atomic E-state index is 4.08. The van der Waals surface area contributed by atoms with E-state index in [1.165, 1.54) is 9.75 Å². The predicted octanol–water partition coefficient (Wildman–Crippen LogP) is 2.33. The number of thiophene rings is 1. The van der Waals surface area contributed by atoms with Crippen LogP contribution in [-0.2, 0) is 19.9 Å². The highest BCUT2D eigenvalue weighted by molar-refractivity contribution is 7.12. The monoisotopic (exact) mass is 264 g/mol. The number of rotatable bonds is 6. The number of hydrogen-bond donors (Lipinski definition) is 1. The van der Waals surface area contributed by atoms with E-state index in [1.54, 1.807) is 6.33 Å². The van der Waals surface area contributed by atoms with E-state index in [1.807, 2.05) is 23.0 Å². The van der Waals surface area contributed by atoms with Gasteiger partial charge in [0.25, 0.3) is 0 Å². The van der Waals surface area contributed by atoms with Crippen LogP contribution < -0.4 is 5.32 Å². The Labute approximate surface area is 112 Å². The standard InChI is InChI=1S/C13H20N4S/c1-4-11-5-6-12(18-11)10(2)14-8-7-13-16-15-9-17(13)3/h5-6,9-10,14H,4,7-8H2,1-3H3. The average Bonchev–Trinajstić information content (AvgIpc) is 2.98. The number of nitrogens with zero attached hydrogens (tertiary/aromatic N) is 3. The molecule has 0 spiro atoms. The fourth-order valence-electron chi connectivity index (χ4n) is 1.85.